The second kappa shape index (κ2) is 13.6. The lowest BCUT2D eigenvalue weighted by Gasteiger charge is -2.43. The predicted molar refractivity (Wildman–Crippen MR) is 161 cm³/mol. The molecule has 0 bridgehead atoms. The molecule has 2 aromatic rings. The van der Waals surface area contributed by atoms with Gasteiger partial charge in [-0.2, -0.15) is 0 Å². The average molecular weight is 580 g/mol. The quantitative estimate of drug-likeness (QED) is 0.437. The van der Waals surface area contributed by atoms with Gasteiger partial charge in [-0.25, -0.2) is 4.79 Å². The number of piperidine rings is 2. The van der Waals surface area contributed by atoms with E-state index in [0.29, 0.717) is 50.0 Å². The highest BCUT2D eigenvalue weighted by Gasteiger charge is 2.40. The standard InChI is InChI=1S/C32H45N5O5/c1-32(2,3)42-31(40)37-15-7-8-22(18-37)17-36-19-25(28(29(34)38)26(33)20-36)23-13-11-21(12-14-23)16-35-30(39)24-9-5-6-10-27(24)41-4/h5-6,9-14,22,25-26,28H,7-8,15-20,33H2,1-4H3,(H2,34,38)(H,35,39)/t22-,25?,26?,28?/m1/s1. The van der Waals surface area contributed by atoms with Crippen molar-refractivity contribution in [3.63, 3.8) is 0 Å². The van der Waals surface area contributed by atoms with E-state index in [1.54, 1.807) is 23.1 Å². The summed E-state index contributed by atoms with van der Waals surface area (Å²) in [6, 6.07) is 14.6. The molecule has 2 aliphatic rings. The van der Waals surface area contributed by atoms with Crippen LogP contribution in [0.3, 0.4) is 0 Å². The van der Waals surface area contributed by atoms with Gasteiger partial charge in [-0.3, -0.25) is 9.59 Å². The van der Waals surface area contributed by atoms with E-state index >= 15 is 0 Å². The van der Waals surface area contributed by atoms with Crippen molar-refractivity contribution in [1.29, 1.82) is 0 Å². The first-order valence-corrected chi connectivity index (χ1v) is 14.7. The molecule has 2 saturated heterocycles. The summed E-state index contributed by atoms with van der Waals surface area (Å²) < 4.78 is 10.9. The number of primary amides is 1. The summed E-state index contributed by atoms with van der Waals surface area (Å²) in [6.07, 6.45) is 1.67. The molecular weight excluding hydrogens is 534 g/mol. The highest BCUT2D eigenvalue weighted by Crippen LogP contribution is 2.33. The minimum Gasteiger partial charge on any atom is -0.496 e. The number of nitrogens with two attached hydrogens (primary N) is 2. The Morgan fingerprint density at radius 1 is 1.02 bits per heavy atom. The zero-order chi connectivity index (χ0) is 30.4. The van der Waals surface area contributed by atoms with Gasteiger partial charge in [-0.15, -0.1) is 0 Å². The minimum atomic E-state index is -0.531. The number of hydrogen-bond donors (Lipinski definition) is 3. The van der Waals surface area contributed by atoms with Gasteiger partial charge in [-0.1, -0.05) is 36.4 Å². The molecule has 5 N–H and O–H groups in total. The fourth-order valence-corrected chi connectivity index (χ4v) is 6.11. The molecule has 10 heteroatoms. The van der Waals surface area contributed by atoms with Crippen LogP contribution in [0.2, 0.25) is 0 Å². The normalized spacial score (nSPS) is 23.2. The Morgan fingerprint density at radius 3 is 2.40 bits per heavy atom. The monoisotopic (exact) mass is 579 g/mol. The first-order valence-electron chi connectivity index (χ1n) is 14.7. The largest absolute Gasteiger partial charge is 0.496 e. The van der Waals surface area contributed by atoms with E-state index in [2.05, 4.69) is 10.2 Å². The van der Waals surface area contributed by atoms with Crippen LogP contribution in [-0.2, 0) is 16.1 Å². The van der Waals surface area contributed by atoms with Crippen LogP contribution in [0, 0.1) is 11.8 Å². The Balaban J connectivity index is 1.40. The first-order chi connectivity index (χ1) is 19.9. The van der Waals surface area contributed by atoms with Gasteiger partial charge in [0.05, 0.1) is 18.6 Å². The van der Waals surface area contributed by atoms with Crippen molar-refractivity contribution in [2.75, 3.05) is 39.8 Å². The lowest BCUT2D eigenvalue weighted by Crippen LogP contribution is -2.57. The number of methoxy groups -OCH3 is 1. The number of carbonyl (C=O) groups excluding carboxylic acids is 3. The number of para-hydroxylation sites is 1. The van der Waals surface area contributed by atoms with Gasteiger partial charge in [0, 0.05) is 51.2 Å². The lowest BCUT2D eigenvalue weighted by molar-refractivity contribution is -0.124. The van der Waals surface area contributed by atoms with Crippen LogP contribution in [0.1, 0.15) is 61.0 Å². The van der Waals surface area contributed by atoms with E-state index in [4.69, 9.17) is 20.9 Å². The number of hydrogen-bond acceptors (Lipinski definition) is 7. The second-order valence-electron chi connectivity index (χ2n) is 12.5. The fraction of sp³-hybridized carbons (Fsp3) is 0.531. The van der Waals surface area contributed by atoms with Crippen LogP contribution in [0.25, 0.3) is 0 Å². The van der Waals surface area contributed by atoms with Crippen LogP contribution in [0.4, 0.5) is 4.79 Å². The topological polar surface area (TPSA) is 140 Å². The van der Waals surface area contributed by atoms with E-state index in [1.165, 1.54) is 7.11 Å². The number of ether oxygens (including phenoxy) is 2. The second-order valence-corrected chi connectivity index (χ2v) is 12.5. The van der Waals surface area contributed by atoms with E-state index in [0.717, 1.165) is 30.5 Å². The highest BCUT2D eigenvalue weighted by atomic mass is 16.6. The van der Waals surface area contributed by atoms with Crippen molar-refractivity contribution in [2.24, 2.45) is 23.3 Å². The molecular formula is C32H45N5O5. The number of nitrogens with one attached hydrogen (secondary N) is 1. The lowest BCUT2D eigenvalue weighted by atomic mass is 9.77. The number of carbonyl (C=O) groups is 3. The smallest absolute Gasteiger partial charge is 0.410 e. The maximum absolute atomic E-state index is 12.7. The SMILES string of the molecule is COc1ccccc1C(=O)NCc1ccc(C2CN(C[C@H]3CCCN(C(=O)OC(C)(C)C)C3)CC(N)C2C(N)=O)cc1. The van der Waals surface area contributed by atoms with Crippen LogP contribution >= 0.6 is 0 Å². The van der Waals surface area contributed by atoms with E-state index in [1.807, 2.05) is 51.1 Å². The molecule has 0 radical (unpaired) electrons. The predicted octanol–water partition coefficient (Wildman–Crippen LogP) is 3.10. The van der Waals surface area contributed by atoms with Gasteiger partial charge in [-0.05, 0) is 62.8 Å². The van der Waals surface area contributed by atoms with Crippen LogP contribution in [0.5, 0.6) is 5.75 Å². The molecule has 4 rings (SSSR count). The molecule has 3 amide bonds. The van der Waals surface area contributed by atoms with Gasteiger partial charge < -0.3 is 36.1 Å². The minimum absolute atomic E-state index is 0.158. The molecule has 10 nitrogen and oxygen atoms in total. The molecule has 3 unspecified atom stereocenters. The van der Waals surface area contributed by atoms with Gasteiger partial charge in [0.25, 0.3) is 5.91 Å². The Morgan fingerprint density at radius 2 is 1.74 bits per heavy atom. The van der Waals surface area contributed by atoms with Crippen molar-refractivity contribution in [3.05, 3.63) is 65.2 Å². The van der Waals surface area contributed by atoms with Gasteiger partial charge >= 0.3 is 6.09 Å². The summed E-state index contributed by atoms with van der Waals surface area (Å²) in [5, 5.41) is 2.94. The molecule has 0 saturated carbocycles. The Kier molecular flexibility index (Phi) is 10.1. The van der Waals surface area contributed by atoms with Gasteiger partial charge in [0.2, 0.25) is 5.91 Å². The number of nitrogens with zero attached hydrogens (tertiary/aromatic N) is 2. The maximum Gasteiger partial charge on any atom is 0.410 e. The molecule has 2 fully saturated rings. The molecule has 2 heterocycles. The Labute approximate surface area is 248 Å². The average Bonchev–Trinajstić information content (AvgIpc) is 2.95. The maximum atomic E-state index is 12.7. The van der Waals surface area contributed by atoms with Crippen molar-refractivity contribution >= 4 is 17.9 Å². The van der Waals surface area contributed by atoms with Crippen molar-refractivity contribution in [1.82, 2.24) is 15.1 Å². The Hall–Kier alpha value is -3.63. The van der Waals surface area contributed by atoms with E-state index in [9.17, 15) is 14.4 Å². The summed E-state index contributed by atoms with van der Waals surface area (Å²) in [7, 11) is 1.54. The van der Waals surface area contributed by atoms with Crippen molar-refractivity contribution in [2.45, 2.75) is 57.7 Å². The molecule has 0 aliphatic carbocycles. The molecule has 4 atom stereocenters. The molecule has 2 aliphatic heterocycles. The number of likely N-dealkylation sites (tertiary alicyclic amines) is 2. The summed E-state index contributed by atoms with van der Waals surface area (Å²) in [5.74, 6) is -0.442. The fourth-order valence-electron chi connectivity index (χ4n) is 6.11. The van der Waals surface area contributed by atoms with Crippen LogP contribution < -0.4 is 21.5 Å². The van der Waals surface area contributed by atoms with E-state index < -0.39 is 23.5 Å². The van der Waals surface area contributed by atoms with Gasteiger partial charge in [0.15, 0.2) is 0 Å². The number of benzene rings is 2. The third-order valence-corrected chi connectivity index (χ3v) is 8.05. The summed E-state index contributed by atoms with van der Waals surface area (Å²) in [6.45, 7) is 9.31. The van der Waals surface area contributed by atoms with E-state index in [-0.39, 0.29) is 17.9 Å². The first kappa shape index (κ1) is 31.3. The summed E-state index contributed by atoms with van der Waals surface area (Å²) in [4.78, 5) is 42.0. The summed E-state index contributed by atoms with van der Waals surface area (Å²) >= 11 is 0. The van der Waals surface area contributed by atoms with Crippen LogP contribution in [0.15, 0.2) is 48.5 Å². The third kappa shape index (κ3) is 8.01. The molecule has 0 spiro atoms. The molecule has 228 valence electrons. The van der Waals surface area contributed by atoms with Crippen molar-refractivity contribution in [3.8, 4) is 5.75 Å². The number of amides is 3. The Bertz CT molecular complexity index is 1240. The molecule has 42 heavy (non-hydrogen) atoms. The number of rotatable bonds is 8. The molecule has 0 aromatic heterocycles. The van der Waals surface area contributed by atoms with Crippen LogP contribution in [-0.4, -0.2) is 79.2 Å². The van der Waals surface area contributed by atoms with Crippen molar-refractivity contribution < 1.29 is 23.9 Å². The van der Waals surface area contributed by atoms with Gasteiger partial charge in [0.1, 0.15) is 11.4 Å². The zero-order valence-corrected chi connectivity index (χ0v) is 25.2. The molecule has 2 aromatic carbocycles. The third-order valence-electron chi connectivity index (χ3n) is 8.05. The highest BCUT2D eigenvalue weighted by molar-refractivity contribution is 5.96. The summed E-state index contributed by atoms with van der Waals surface area (Å²) in [5.41, 5.74) is 14.3. The zero-order valence-electron chi connectivity index (χ0n) is 25.2.